The van der Waals surface area contributed by atoms with E-state index in [0.29, 0.717) is 5.56 Å². The van der Waals surface area contributed by atoms with Crippen LogP contribution in [0.5, 0.6) is 5.75 Å². The number of esters is 1. The highest BCUT2D eigenvalue weighted by atomic mass is 16.5. The molecule has 2 aromatic rings. The Bertz CT molecular complexity index is 1100. The standard InChI is InChI=1S/C26H29NO5/c1-6-13-32-24(31)18-9-8-17(15-21(18)28)27-23(30)22(29)16-7-10-19-20(14-16)26(4,5)12-11-25(19,2)3/h6-10,14-15,28H,1,11-13H2,2-5H3,(H,27,30). The van der Waals surface area contributed by atoms with E-state index in [9.17, 15) is 19.5 Å². The topological polar surface area (TPSA) is 92.7 Å². The Morgan fingerprint density at radius 2 is 1.69 bits per heavy atom. The summed E-state index contributed by atoms with van der Waals surface area (Å²) in [6, 6.07) is 9.42. The summed E-state index contributed by atoms with van der Waals surface area (Å²) in [7, 11) is 0. The third-order valence-electron chi connectivity index (χ3n) is 6.13. The van der Waals surface area contributed by atoms with Gasteiger partial charge in [-0.15, -0.1) is 0 Å². The first-order valence-electron chi connectivity index (χ1n) is 10.6. The van der Waals surface area contributed by atoms with E-state index < -0.39 is 17.7 Å². The normalized spacial score (nSPS) is 15.9. The number of Topliss-reactive ketones (excluding diaryl/α,β-unsaturated/α-hetero) is 1. The number of nitrogens with one attached hydrogen (secondary N) is 1. The van der Waals surface area contributed by atoms with Crippen LogP contribution in [0, 0.1) is 0 Å². The highest BCUT2D eigenvalue weighted by molar-refractivity contribution is 6.46. The van der Waals surface area contributed by atoms with Crippen molar-refractivity contribution in [2.45, 2.75) is 51.4 Å². The first kappa shape index (κ1) is 23.3. The molecule has 2 aromatic carbocycles. The number of aromatic hydroxyl groups is 1. The van der Waals surface area contributed by atoms with Crippen molar-refractivity contribution in [3.8, 4) is 5.75 Å². The van der Waals surface area contributed by atoms with E-state index in [-0.39, 0.29) is 34.4 Å². The van der Waals surface area contributed by atoms with Gasteiger partial charge in [0.05, 0.1) is 0 Å². The molecule has 1 amide bonds. The number of fused-ring (bicyclic) bond motifs is 1. The summed E-state index contributed by atoms with van der Waals surface area (Å²) in [5, 5.41) is 12.6. The van der Waals surface area contributed by atoms with Gasteiger partial charge in [-0.05, 0) is 53.0 Å². The van der Waals surface area contributed by atoms with Crippen molar-refractivity contribution >= 4 is 23.3 Å². The van der Waals surface area contributed by atoms with Crippen LogP contribution in [0.15, 0.2) is 49.1 Å². The molecule has 0 radical (unpaired) electrons. The van der Waals surface area contributed by atoms with E-state index in [1.807, 2.05) is 12.1 Å². The Labute approximate surface area is 188 Å². The maximum Gasteiger partial charge on any atom is 0.342 e. The zero-order valence-corrected chi connectivity index (χ0v) is 19.0. The monoisotopic (exact) mass is 435 g/mol. The van der Waals surface area contributed by atoms with Crippen molar-refractivity contribution in [2.24, 2.45) is 0 Å². The second-order valence-corrected chi connectivity index (χ2v) is 9.43. The maximum atomic E-state index is 12.8. The van der Waals surface area contributed by atoms with Crippen molar-refractivity contribution in [3.63, 3.8) is 0 Å². The second kappa shape index (κ2) is 8.61. The number of ketones is 1. The van der Waals surface area contributed by atoms with Crippen LogP contribution in [0.2, 0.25) is 0 Å². The van der Waals surface area contributed by atoms with Gasteiger partial charge in [-0.3, -0.25) is 9.59 Å². The molecule has 1 aliphatic carbocycles. The summed E-state index contributed by atoms with van der Waals surface area (Å²) in [6.07, 6.45) is 3.47. The summed E-state index contributed by atoms with van der Waals surface area (Å²) >= 11 is 0. The van der Waals surface area contributed by atoms with Gasteiger partial charge in [0.1, 0.15) is 17.9 Å². The van der Waals surface area contributed by atoms with Gasteiger partial charge >= 0.3 is 5.97 Å². The minimum absolute atomic E-state index is 0.0139. The quantitative estimate of drug-likeness (QED) is 0.291. The van der Waals surface area contributed by atoms with E-state index in [4.69, 9.17) is 4.74 Å². The molecule has 0 bridgehead atoms. The summed E-state index contributed by atoms with van der Waals surface area (Å²) in [5.74, 6) is -2.56. The molecule has 0 spiro atoms. The molecule has 0 atom stereocenters. The number of amides is 1. The lowest BCUT2D eigenvalue weighted by molar-refractivity contribution is -0.112. The molecular formula is C26H29NO5. The summed E-state index contributed by atoms with van der Waals surface area (Å²) in [4.78, 5) is 37.3. The van der Waals surface area contributed by atoms with Crippen LogP contribution in [0.25, 0.3) is 0 Å². The Kier molecular flexibility index (Phi) is 6.26. The molecule has 6 heteroatoms. The zero-order valence-electron chi connectivity index (χ0n) is 19.0. The minimum Gasteiger partial charge on any atom is -0.507 e. The molecule has 0 saturated carbocycles. The maximum absolute atomic E-state index is 12.8. The van der Waals surface area contributed by atoms with Crippen LogP contribution in [0.1, 0.15) is 72.4 Å². The van der Waals surface area contributed by atoms with Gasteiger partial charge in [-0.2, -0.15) is 0 Å². The number of carbonyl (C=O) groups excluding carboxylic acids is 3. The van der Waals surface area contributed by atoms with Crippen molar-refractivity contribution in [2.75, 3.05) is 11.9 Å². The molecule has 168 valence electrons. The van der Waals surface area contributed by atoms with E-state index in [0.717, 1.165) is 18.4 Å². The molecule has 3 rings (SSSR count). The Morgan fingerprint density at radius 1 is 1.03 bits per heavy atom. The number of anilines is 1. The van der Waals surface area contributed by atoms with Crippen molar-refractivity contribution < 1.29 is 24.2 Å². The zero-order chi connectivity index (χ0) is 23.7. The third kappa shape index (κ3) is 4.59. The second-order valence-electron chi connectivity index (χ2n) is 9.43. The van der Waals surface area contributed by atoms with Gasteiger partial charge in [-0.25, -0.2) is 4.79 Å². The number of phenolic OH excluding ortho intramolecular Hbond substituents is 1. The number of hydrogen-bond acceptors (Lipinski definition) is 5. The molecular weight excluding hydrogens is 406 g/mol. The summed E-state index contributed by atoms with van der Waals surface area (Å²) in [6.45, 7) is 12.2. The molecule has 2 N–H and O–H groups in total. The molecule has 32 heavy (non-hydrogen) atoms. The van der Waals surface area contributed by atoms with Crippen LogP contribution < -0.4 is 5.32 Å². The van der Waals surface area contributed by atoms with Crippen molar-refractivity contribution in [3.05, 3.63) is 71.3 Å². The lowest BCUT2D eigenvalue weighted by Gasteiger charge is -2.42. The van der Waals surface area contributed by atoms with Crippen LogP contribution in [-0.2, 0) is 20.4 Å². The number of ether oxygens (including phenoxy) is 1. The molecule has 0 fully saturated rings. The Balaban J connectivity index is 1.80. The molecule has 0 aromatic heterocycles. The first-order chi connectivity index (χ1) is 15.0. The molecule has 1 aliphatic rings. The SMILES string of the molecule is C=CCOC(=O)c1ccc(NC(=O)C(=O)c2ccc3c(c2)C(C)(C)CCC3(C)C)cc1O. The summed E-state index contributed by atoms with van der Waals surface area (Å²) in [5.41, 5.74) is 2.69. The van der Waals surface area contributed by atoms with Gasteiger partial charge < -0.3 is 15.2 Å². The molecule has 0 saturated heterocycles. The Hall–Kier alpha value is -3.41. The Morgan fingerprint density at radius 3 is 2.31 bits per heavy atom. The lowest BCUT2D eigenvalue weighted by Crippen LogP contribution is -2.34. The largest absolute Gasteiger partial charge is 0.507 e. The fourth-order valence-electron chi connectivity index (χ4n) is 4.04. The fraction of sp³-hybridized carbons (Fsp3) is 0.346. The number of rotatable bonds is 6. The van der Waals surface area contributed by atoms with E-state index in [2.05, 4.69) is 39.6 Å². The number of hydrogen-bond donors (Lipinski definition) is 2. The highest BCUT2D eigenvalue weighted by Gasteiger charge is 2.37. The van der Waals surface area contributed by atoms with E-state index >= 15 is 0 Å². The van der Waals surface area contributed by atoms with Gasteiger partial charge in [0.25, 0.3) is 11.7 Å². The minimum atomic E-state index is -0.820. The van der Waals surface area contributed by atoms with Crippen molar-refractivity contribution in [1.82, 2.24) is 0 Å². The lowest BCUT2D eigenvalue weighted by atomic mass is 9.63. The van der Waals surface area contributed by atoms with Gasteiger partial charge in [0.15, 0.2) is 0 Å². The molecule has 6 nitrogen and oxygen atoms in total. The van der Waals surface area contributed by atoms with Crippen LogP contribution >= 0.6 is 0 Å². The predicted octanol–water partition coefficient (Wildman–Crippen LogP) is 4.91. The van der Waals surface area contributed by atoms with Crippen LogP contribution in [0.4, 0.5) is 5.69 Å². The number of phenols is 1. The summed E-state index contributed by atoms with van der Waals surface area (Å²) < 4.78 is 4.89. The van der Waals surface area contributed by atoms with Gasteiger partial charge in [0.2, 0.25) is 0 Å². The fourth-order valence-corrected chi connectivity index (χ4v) is 4.04. The van der Waals surface area contributed by atoms with E-state index in [1.165, 1.54) is 29.8 Å². The van der Waals surface area contributed by atoms with E-state index in [1.54, 1.807) is 6.07 Å². The molecule has 0 aliphatic heterocycles. The average Bonchev–Trinajstić information content (AvgIpc) is 2.74. The molecule has 0 heterocycles. The van der Waals surface area contributed by atoms with Crippen molar-refractivity contribution in [1.29, 1.82) is 0 Å². The van der Waals surface area contributed by atoms with Gasteiger partial charge in [0, 0.05) is 17.3 Å². The first-order valence-corrected chi connectivity index (χ1v) is 10.6. The third-order valence-corrected chi connectivity index (χ3v) is 6.13. The average molecular weight is 436 g/mol. The van der Waals surface area contributed by atoms with Gasteiger partial charge in [-0.1, -0.05) is 52.5 Å². The number of carbonyl (C=O) groups is 3. The van der Waals surface area contributed by atoms with Crippen LogP contribution in [-0.4, -0.2) is 29.4 Å². The van der Waals surface area contributed by atoms with Crippen LogP contribution in [0.3, 0.4) is 0 Å². The number of benzene rings is 2. The predicted molar refractivity (Wildman–Crippen MR) is 123 cm³/mol. The highest BCUT2D eigenvalue weighted by Crippen LogP contribution is 2.45. The smallest absolute Gasteiger partial charge is 0.342 e. The molecule has 0 unspecified atom stereocenters.